The summed E-state index contributed by atoms with van der Waals surface area (Å²) in [6.07, 6.45) is 3.73. The Morgan fingerprint density at radius 1 is 1.33 bits per heavy atom. The van der Waals surface area contributed by atoms with Crippen molar-refractivity contribution >= 4 is 6.09 Å². The molecule has 7 nitrogen and oxygen atoms in total. The Labute approximate surface area is 121 Å². The molecule has 2 heterocycles. The minimum absolute atomic E-state index is 0.00504. The molecule has 7 heteroatoms. The van der Waals surface area contributed by atoms with Gasteiger partial charge in [-0.3, -0.25) is 4.98 Å². The molecule has 2 rings (SSSR count). The molecule has 21 heavy (non-hydrogen) atoms. The Morgan fingerprint density at radius 2 is 2.19 bits per heavy atom. The molecule has 0 radical (unpaired) electrons. The molecule has 0 aliphatic heterocycles. The molecule has 0 aromatic carbocycles. The third-order valence-electron chi connectivity index (χ3n) is 2.62. The van der Waals surface area contributed by atoms with Gasteiger partial charge in [-0.2, -0.15) is 0 Å². The highest BCUT2D eigenvalue weighted by Crippen LogP contribution is 2.11. The highest BCUT2D eigenvalue weighted by molar-refractivity contribution is 5.68. The maximum Gasteiger partial charge on any atom is 0.399 e. The fraction of sp³-hybridized carbons (Fsp3) is 0.214. The summed E-state index contributed by atoms with van der Waals surface area (Å²) in [6.45, 7) is -0.129. The van der Waals surface area contributed by atoms with E-state index in [-0.39, 0.29) is 18.2 Å². The minimum atomic E-state index is -0.949. The van der Waals surface area contributed by atoms with Crippen LogP contribution in [-0.4, -0.2) is 28.2 Å². The number of hydroxylamine groups is 2. The lowest BCUT2D eigenvalue weighted by atomic mass is 10.2. The predicted octanol–water partition coefficient (Wildman–Crippen LogP) is 2.12. The number of carbonyl (C=O) groups excluding carboxylic acids is 1. The highest BCUT2D eigenvalue weighted by Gasteiger charge is 2.07. The predicted molar refractivity (Wildman–Crippen MR) is 74.1 cm³/mol. The summed E-state index contributed by atoms with van der Waals surface area (Å²) in [5.74, 6) is 0.379. The van der Waals surface area contributed by atoms with E-state index in [0.717, 1.165) is 0 Å². The average molecular weight is 288 g/mol. The van der Waals surface area contributed by atoms with Gasteiger partial charge >= 0.3 is 6.09 Å². The Hall–Kier alpha value is -2.67. The van der Waals surface area contributed by atoms with E-state index >= 15 is 0 Å². The van der Waals surface area contributed by atoms with Gasteiger partial charge in [0.25, 0.3) is 0 Å². The molecule has 0 saturated carbocycles. The lowest BCUT2D eigenvalue weighted by Gasteiger charge is -2.27. The van der Waals surface area contributed by atoms with Crippen LogP contribution in [-0.2, 0) is 17.9 Å². The van der Waals surface area contributed by atoms with Crippen molar-refractivity contribution in [3.63, 3.8) is 0 Å². The molecule has 0 saturated heterocycles. The molecule has 0 fully saturated rings. The van der Waals surface area contributed by atoms with E-state index in [2.05, 4.69) is 9.97 Å². The van der Waals surface area contributed by atoms with Crippen LogP contribution in [0.5, 0.6) is 5.88 Å². The summed E-state index contributed by atoms with van der Waals surface area (Å²) in [6, 6.07) is 6.69. The van der Waals surface area contributed by atoms with E-state index in [1.165, 1.54) is 13.3 Å². The molecule has 2 aromatic rings. The quantitative estimate of drug-likeness (QED) is 0.783. The van der Waals surface area contributed by atoms with Gasteiger partial charge in [-0.25, -0.2) is 9.78 Å². The molecular weight excluding hydrogens is 274 g/mol. The first-order valence-corrected chi connectivity index (χ1v) is 6.18. The molecule has 2 aromatic heterocycles. The van der Waals surface area contributed by atoms with E-state index < -0.39 is 6.09 Å². The third-order valence-corrected chi connectivity index (χ3v) is 2.62. The van der Waals surface area contributed by atoms with Crippen molar-refractivity contribution in [1.29, 1.82) is 0 Å². The Morgan fingerprint density at radius 3 is 2.90 bits per heavy atom. The van der Waals surface area contributed by atoms with Crippen LogP contribution in [0.25, 0.3) is 0 Å². The summed E-state index contributed by atoms with van der Waals surface area (Å²) in [5.41, 5.74) is 1.32. The second kappa shape index (κ2) is 7.20. The standard InChI is InChI=1S/C14H14N3O4/c1-20-13-7-11(4-6-16-13)9-17(19)14(18)21-10-12-3-2-5-15-8-12/h2-8H,9-10H2,1H3/q-1. The first-order valence-electron chi connectivity index (χ1n) is 6.18. The fourth-order valence-corrected chi connectivity index (χ4v) is 1.59. The number of hydrogen-bond acceptors (Lipinski definition) is 6. The van der Waals surface area contributed by atoms with E-state index in [1.807, 2.05) is 0 Å². The zero-order chi connectivity index (χ0) is 15.1. The van der Waals surface area contributed by atoms with Crippen LogP contribution >= 0.6 is 0 Å². The molecule has 0 aliphatic rings. The monoisotopic (exact) mass is 288 g/mol. The van der Waals surface area contributed by atoms with Crippen LogP contribution in [0.1, 0.15) is 11.1 Å². The summed E-state index contributed by atoms with van der Waals surface area (Å²) in [7, 11) is 1.48. The molecule has 0 N–H and O–H groups in total. The van der Waals surface area contributed by atoms with Crippen molar-refractivity contribution in [2.24, 2.45) is 0 Å². The zero-order valence-corrected chi connectivity index (χ0v) is 11.4. The van der Waals surface area contributed by atoms with Crippen molar-refractivity contribution in [2.75, 3.05) is 7.11 Å². The van der Waals surface area contributed by atoms with Crippen LogP contribution in [0.4, 0.5) is 4.79 Å². The van der Waals surface area contributed by atoms with E-state index in [1.54, 1.807) is 36.7 Å². The van der Waals surface area contributed by atoms with Crippen LogP contribution in [0.15, 0.2) is 42.9 Å². The summed E-state index contributed by atoms with van der Waals surface area (Å²) < 4.78 is 9.85. The van der Waals surface area contributed by atoms with Gasteiger partial charge < -0.3 is 19.7 Å². The van der Waals surface area contributed by atoms with Gasteiger partial charge in [-0.15, -0.1) is 0 Å². The SMILES string of the molecule is COc1cc(CN([O-])C(=O)OCc2cccnc2)ccn1. The number of aromatic nitrogens is 2. The van der Waals surface area contributed by atoms with Crippen molar-refractivity contribution < 1.29 is 14.3 Å². The van der Waals surface area contributed by atoms with Gasteiger partial charge in [0, 0.05) is 36.8 Å². The fourth-order valence-electron chi connectivity index (χ4n) is 1.59. The van der Waals surface area contributed by atoms with Crippen LogP contribution in [0, 0.1) is 5.21 Å². The van der Waals surface area contributed by atoms with E-state index in [0.29, 0.717) is 17.0 Å². The average Bonchev–Trinajstić information content (AvgIpc) is 2.53. The van der Waals surface area contributed by atoms with Gasteiger partial charge in [-0.1, -0.05) is 6.07 Å². The normalized spacial score (nSPS) is 10.0. The topological polar surface area (TPSA) is 87.6 Å². The molecule has 0 bridgehead atoms. The van der Waals surface area contributed by atoms with Gasteiger partial charge in [0.15, 0.2) is 0 Å². The second-order valence-electron chi connectivity index (χ2n) is 4.16. The maximum absolute atomic E-state index is 11.7. The molecule has 0 unspecified atom stereocenters. The van der Waals surface area contributed by atoms with Gasteiger partial charge in [-0.05, 0) is 17.7 Å². The molecule has 0 spiro atoms. The van der Waals surface area contributed by atoms with Crippen molar-refractivity contribution in [3.8, 4) is 5.88 Å². The number of carbonyl (C=O) groups is 1. The Kier molecular flexibility index (Phi) is 5.05. The van der Waals surface area contributed by atoms with E-state index in [4.69, 9.17) is 9.47 Å². The lowest BCUT2D eigenvalue weighted by Crippen LogP contribution is -2.25. The third kappa shape index (κ3) is 4.43. The maximum atomic E-state index is 11.7. The minimum Gasteiger partial charge on any atom is -0.753 e. The Bertz CT molecular complexity index is 592. The van der Waals surface area contributed by atoms with Crippen LogP contribution < -0.4 is 4.74 Å². The molecule has 0 atom stereocenters. The molecule has 0 aliphatic carbocycles. The van der Waals surface area contributed by atoms with Gasteiger partial charge in [0.05, 0.1) is 7.11 Å². The van der Waals surface area contributed by atoms with Crippen molar-refractivity contribution in [2.45, 2.75) is 13.2 Å². The number of rotatable bonds is 5. The number of amides is 1. The largest absolute Gasteiger partial charge is 0.753 e. The number of hydrogen-bond donors (Lipinski definition) is 0. The van der Waals surface area contributed by atoms with Crippen molar-refractivity contribution in [3.05, 3.63) is 59.2 Å². The number of methoxy groups -OCH3 is 1. The lowest BCUT2D eigenvalue weighted by molar-refractivity contribution is 0.109. The molecule has 1 amide bonds. The number of nitrogens with zero attached hydrogens (tertiary/aromatic N) is 3. The number of ether oxygens (including phenoxy) is 2. The first-order chi connectivity index (χ1) is 10.2. The smallest absolute Gasteiger partial charge is 0.399 e. The zero-order valence-electron chi connectivity index (χ0n) is 11.4. The van der Waals surface area contributed by atoms with Crippen LogP contribution in [0.2, 0.25) is 0 Å². The highest BCUT2D eigenvalue weighted by atomic mass is 16.6. The van der Waals surface area contributed by atoms with Gasteiger partial charge in [0.1, 0.15) is 6.61 Å². The summed E-state index contributed by atoms with van der Waals surface area (Å²) in [4.78, 5) is 19.4. The first kappa shape index (κ1) is 14.7. The molecule has 110 valence electrons. The van der Waals surface area contributed by atoms with Crippen LogP contribution in [0.3, 0.4) is 0 Å². The summed E-state index contributed by atoms with van der Waals surface area (Å²) in [5, 5.41) is 11.9. The van der Waals surface area contributed by atoms with E-state index in [9.17, 15) is 10.0 Å². The second-order valence-corrected chi connectivity index (χ2v) is 4.16. The number of pyridine rings is 2. The summed E-state index contributed by atoms with van der Waals surface area (Å²) >= 11 is 0. The van der Waals surface area contributed by atoms with Gasteiger partial charge in [0.2, 0.25) is 5.88 Å². The van der Waals surface area contributed by atoms with Crippen molar-refractivity contribution in [1.82, 2.24) is 15.0 Å². The Balaban J connectivity index is 1.87. The molecular formula is C14H14N3O4-.